The maximum atomic E-state index is 12.6. The fourth-order valence-electron chi connectivity index (χ4n) is 3.38. The molecule has 2 amide bonds. The van der Waals surface area contributed by atoms with E-state index in [2.05, 4.69) is 6.92 Å². The number of amides is 2. The van der Waals surface area contributed by atoms with Crippen LogP contribution in [0.3, 0.4) is 0 Å². The van der Waals surface area contributed by atoms with E-state index >= 15 is 0 Å². The molecule has 0 aromatic heterocycles. The van der Waals surface area contributed by atoms with Crippen molar-refractivity contribution in [3.8, 4) is 0 Å². The van der Waals surface area contributed by atoms with Crippen molar-refractivity contribution in [3.05, 3.63) is 0 Å². The molecular weight excluding hydrogens is 244 g/mol. The molecule has 0 spiro atoms. The number of nitrogens with zero attached hydrogens (tertiary/aromatic N) is 2. The van der Waals surface area contributed by atoms with Gasteiger partial charge in [0, 0.05) is 19.1 Å². The highest BCUT2D eigenvalue weighted by Gasteiger charge is 2.42. The molecule has 0 aromatic carbocycles. The van der Waals surface area contributed by atoms with Gasteiger partial charge in [-0.25, -0.2) is 9.59 Å². The van der Waals surface area contributed by atoms with Crippen LogP contribution >= 0.6 is 0 Å². The van der Waals surface area contributed by atoms with Gasteiger partial charge in [0.1, 0.15) is 6.04 Å². The number of carboxylic acids is 1. The number of rotatable bonds is 2. The van der Waals surface area contributed by atoms with Gasteiger partial charge in [0.2, 0.25) is 0 Å². The van der Waals surface area contributed by atoms with Gasteiger partial charge in [0.15, 0.2) is 0 Å². The smallest absolute Gasteiger partial charge is 0.326 e. The van der Waals surface area contributed by atoms with Crippen molar-refractivity contribution in [1.29, 1.82) is 0 Å². The highest BCUT2D eigenvalue weighted by atomic mass is 16.4. The van der Waals surface area contributed by atoms with Crippen molar-refractivity contribution >= 4 is 12.0 Å². The molecule has 2 aliphatic rings. The lowest BCUT2D eigenvalue weighted by Crippen LogP contribution is -2.53. The second kappa shape index (κ2) is 5.80. The average molecular weight is 268 g/mol. The third-order valence-electron chi connectivity index (χ3n) is 4.54. The molecule has 2 heterocycles. The Balaban J connectivity index is 2.11. The first-order chi connectivity index (χ1) is 9.06. The number of likely N-dealkylation sites (tertiary alicyclic amines) is 2. The van der Waals surface area contributed by atoms with Crippen LogP contribution in [0.1, 0.15) is 46.0 Å². The number of carbonyl (C=O) groups is 2. The van der Waals surface area contributed by atoms with Gasteiger partial charge in [0.05, 0.1) is 0 Å². The first-order valence-electron chi connectivity index (χ1n) is 7.36. The zero-order valence-electron chi connectivity index (χ0n) is 11.8. The van der Waals surface area contributed by atoms with E-state index in [4.69, 9.17) is 0 Å². The largest absolute Gasteiger partial charge is 0.480 e. The molecule has 5 heteroatoms. The molecule has 108 valence electrons. The van der Waals surface area contributed by atoms with Gasteiger partial charge in [-0.1, -0.05) is 13.8 Å². The van der Waals surface area contributed by atoms with Gasteiger partial charge in [-0.3, -0.25) is 0 Å². The number of piperidine rings is 1. The summed E-state index contributed by atoms with van der Waals surface area (Å²) in [5.74, 6) is -0.824. The molecule has 2 aliphatic heterocycles. The SMILES string of the molecule is CCC1CCCCN1C(=O)N1CCC(C)C1C(=O)O. The Morgan fingerprint density at radius 2 is 1.89 bits per heavy atom. The van der Waals surface area contributed by atoms with E-state index < -0.39 is 12.0 Å². The van der Waals surface area contributed by atoms with Gasteiger partial charge in [-0.05, 0) is 38.0 Å². The predicted molar refractivity (Wildman–Crippen MR) is 71.9 cm³/mol. The number of carbonyl (C=O) groups excluding carboxylic acids is 1. The minimum atomic E-state index is -0.872. The summed E-state index contributed by atoms with van der Waals surface area (Å²) in [6.45, 7) is 5.36. The van der Waals surface area contributed by atoms with Gasteiger partial charge >= 0.3 is 12.0 Å². The van der Waals surface area contributed by atoms with Crippen LogP contribution in [0, 0.1) is 5.92 Å². The molecule has 3 unspecified atom stereocenters. The second-order valence-corrected chi connectivity index (χ2v) is 5.78. The summed E-state index contributed by atoms with van der Waals surface area (Å²) in [5, 5.41) is 9.31. The topological polar surface area (TPSA) is 60.9 Å². The van der Waals surface area contributed by atoms with Crippen molar-refractivity contribution in [2.45, 2.75) is 58.0 Å². The monoisotopic (exact) mass is 268 g/mol. The molecule has 2 fully saturated rings. The standard InChI is InChI=1S/C14H24N2O3/c1-3-11-6-4-5-8-15(11)14(19)16-9-7-10(2)12(16)13(17)18/h10-12H,3-9H2,1-2H3,(H,17,18). The maximum Gasteiger partial charge on any atom is 0.326 e. The molecule has 5 nitrogen and oxygen atoms in total. The number of carboxylic acid groups (broad SMARTS) is 1. The summed E-state index contributed by atoms with van der Waals surface area (Å²) < 4.78 is 0. The highest BCUT2D eigenvalue weighted by molar-refractivity contribution is 5.83. The summed E-state index contributed by atoms with van der Waals surface area (Å²) >= 11 is 0. The zero-order valence-corrected chi connectivity index (χ0v) is 11.8. The van der Waals surface area contributed by atoms with Crippen LogP contribution in [-0.2, 0) is 4.79 Å². The van der Waals surface area contributed by atoms with Crippen molar-refractivity contribution in [1.82, 2.24) is 9.80 Å². The van der Waals surface area contributed by atoms with Gasteiger partial charge in [-0.2, -0.15) is 0 Å². The number of hydrogen-bond donors (Lipinski definition) is 1. The lowest BCUT2D eigenvalue weighted by atomic mass is 10.00. The van der Waals surface area contributed by atoms with Crippen LogP contribution in [0.25, 0.3) is 0 Å². The first kappa shape index (κ1) is 14.2. The summed E-state index contributed by atoms with van der Waals surface area (Å²) in [6, 6.07) is -0.429. The molecule has 2 rings (SSSR count). The van der Waals surface area contributed by atoms with Gasteiger partial charge < -0.3 is 14.9 Å². The number of aliphatic carboxylic acids is 1. The average Bonchev–Trinajstić information content (AvgIpc) is 2.79. The normalized spacial score (nSPS) is 31.6. The lowest BCUT2D eigenvalue weighted by molar-refractivity contribution is -0.142. The highest BCUT2D eigenvalue weighted by Crippen LogP contribution is 2.28. The van der Waals surface area contributed by atoms with Crippen LogP contribution in [0.15, 0.2) is 0 Å². The fourth-order valence-corrected chi connectivity index (χ4v) is 3.38. The van der Waals surface area contributed by atoms with Crippen LogP contribution in [-0.4, -0.2) is 52.1 Å². The Kier molecular flexibility index (Phi) is 4.32. The second-order valence-electron chi connectivity index (χ2n) is 5.78. The number of urea groups is 1. The van der Waals surface area contributed by atoms with E-state index in [9.17, 15) is 14.7 Å². The maximum absolute atomic E-state index is 12.6. The van der Waals surface area contributed by atoms with E-state index in [1.807, 2.05) is 11.8 Å². The Labute approximate surface area is 114 Å². The minimum Gasteiger partial charge on any atom is -0.480 e. The summed E-state index contributed by atoms with van der Waals surface area (Å²) in [5.41, 5.74) is 0. The van der Waals surface area contributed by atoms with Crippen LogP contribution < -0.4 is 0 Å². The van der Waals surface area contributed by atoms with E-state index in [0.29, 0.717) is 6.54 Å². The predicted octanol–water partition coefficient (Wildman–Crippen LogP) is 2.17. The van der Waals surface area contributed by atoms with Gasteiger partial charge in [-0.15, -0.1) is 0 Å². The Morgan fingerprint density at radius 3 is 2.53 bits per heavy atom. The minimum absolute atomic E-state index is 0.0475. The summed E-state index contributed by atoms with van der Waals surface area (Å²) in [4.78, 5) is 27.4. The lowest BCUT2D eigenvalue weighted by Gasteiger charge is -2.39. The summed E-state index contributed by atoms with van der Waals surface area (Å²) in [7, 11) is 0. The fraction of sp³-hybridized carbons (Fsp3) is 0.857. The van der Waals surface area contributed by atoms with Crippen LogP contribution in [0.4, 0.5) is 4.79 Å². The molecule has 0 aromatic rings. The zero-order chi connectivity index (χ0) is 14.0. The molecule has 19 heavy (non-hydrogen) atoms. The van der Waals surface area contributed by atoms with E-state index in [1.54, 1.807) is 4.90 Å². The van der Waals surface area contributed by atoms with Crippen molar-refractivity contribution < 1.29 is 14.7 Å². The Bertz CT molecular complexity index is 359. The first-order valence-corrected chi connectivity index (χ1v) is 7.36. The molecule has 3 atom stereocenters. The Hall–Kier alpha value is -1.26. The van der Waals surface area contributed by atoms with E-state index in [-0.39, 0.29) is 18.0 Å². The van der Waals surface area contributed by atoms with E-state index in [1.165, 1.54) is 6.42 Å². The molecule has 0 radical (unpaired) electrons. The summed E-state index contributed by atoms with van der Waals surface area (Å²) in [6.07, 6.45) is 4.98. The molecule has 2 saturated heterocycles. The van der Waals surface area contributed by atoms with Crippen molar-refractivity contribution in [2.24, 2.45) is 5.92 Å². The molecule has 1 N–H and O–H groups in total. The third-order valence-corrected chi connectivity index (χ3v) is 4.54. The quantitative estimate of drug-likeness (QED) is 0.835. The van der Waals surface area contributed by atoms with Gasteiger partial charge in [0.25, 0.3) is 0 Å². The molecule has 0 aliphatic carbocycles. The molecular formula is C14H24N2O3. The van der Waals surface area contributed by atoms with Crippen molar-refractivity contribution in [3.63, 3.8) is 0 Å². The van der Waals surface area contributed by atoms with Crippen molar-refractivity contribution in [2.75, 3.05) is 13.1 Å². The van der Waals surface area contributed by atoms with Crippen LogP contribution in [0.5, 0.6) is 0 Å². The number of hydrogen-bond acceptors (Lipinski definition) is 2. The molecule has 0 bridgehead atoms. The third kappa shape index (κ3) is 2.69. The van der Waals surface area contributed by atoms with Crippen LogP contribution in [0.2, 0.25) is 0 Å². The van der Waals surface area contributed by atoms with E-state index in [0.717, 1.165) is 32.2 Å². The molecule has 0 saturated carbocycles. The Morgan fingerprint density at radius 1 is 1.16 bits per heavy atom.